The molecule has 1 saturated heterocycles. The van der Waals surface area contributed by atoms with Crippen molar-refractivity contribution in [3.05, 3.63) is 21.3 Å². The molecule has 0 bridgehead atoms. The van der Waals surface area contributed by atoms with Gasteiger partial charge in [0.05, 0.1) is 9.21 Å². The van der Waals surface area contributed by atoms with E-state index in [1.54, 1.807) is 12.1 Å². The Bertz CT molecular complexity index is 502. The predicted octanol–water partition coefficient (Wildman–Crippen LogP) is 2.28. The number of halogens is 2. The summed E-state index contributed by atoms with van der Waals surface area (Å²) in [5.41, 5.74) is 5.90. The van der Waals surface area contributed by atoms with E-state index in [0.717, 1.165) is 38.8 Å². The van der Waals surface area contributed by atoms with Crippen LogP contribution in [0.15, 0.2) is 12.1 Å². The van der Waals surface area contributed by atoms with Crippen LogP contribution in [0.5, 0.6) is 0 Å². The first-order valence-corrected chi connectivity index (χ1v) is 8.35. The van der Waals surface area contributed by atoms with E-state index in [0.29, 0.717) is 9.21 Å². The molecule has 0 spiro atoms. The van der Waals surface area contributed by atoms with Crippen LogP contribution in [-0.4, -0.2) is 42.4 Å². The molecule has 0 aliphatic carbocycles. The van der Waals surface area contributed by atoms with E-state index >= 15 is 0 Å². The van der Waals surface area contributed by atoms with Gasteiger partial charge in [-0.15, -0.1) is 23.7 Å². The number of carbonyl (C=O) groups is 2. The van der Waals surface area contributed by atoms with Gasteiger partial charge in [-0.3, -0.25) is 9.59 Å². The summed E-state index contributed by atoms with van der Waals surface area (Å²) in [6.45, 7) is 1.67. The summed E-state index contributed by atoms with van der Waals surface area (Å²) in [5.74, 6) is -0.326. The topological polar surface area (TPSA) is 75.4 Å². The summed E-state index contributed by atoms with van der Waals surface area (Å²) in [5, 5.41) is 2.69. The number of thiophene rings is 1. The summed E-state index contributed by atoms with van der Waals surface area (Å²) in [6, 6.07) is 2.64. The first-order valence-electron chi connectivity index (χ1n) is 7.16. The van der Waals surface area contributed by atoms with Crippen LogP contribution in [0.1, 0.15) is 35.4 Å². The number of nitrogens with two attached hydrogens (primary N) is 1. The minimum absolute atomic E-state index is 0. The van der Waals surface area contributed by atoms with Crippen LogP contribution in [0.2, 0.25) is 4.34 Å². The molecule has 1 fully saturated rings. The molecule has 124 valence electrons. The maximum absolute atomic E-state index is 12.2. The number of hydrogen-bond donors (Lipinski definition) is 2. The minimum Gasteiger partial charge on any atom is -0.349 e. The predicted molar refractivity (Wildman–Crippen MR) is 91.9 cm³/mol. The van der Waals surface area contributed by atoms with Crippen molar-refractivity contribution in [2.24, 2.45) is 5.73 Å². The van der Waals surface area contributed by atoms with E-state index in [2.05, 4.69) is 5.32 Å². The zero-order chi connectivity index (χ0) is 15.2. The van der Waals surface area contributed by atoms with E-state index < -0.39 is 6.04 Å². The standard InChI is InChI=1S/C14H20ClN3O2S.ClH/c15-12-6-5-11(21-12)13(19)17-9-10(16)14(20)18-7-3-1-2-4-8-18;/h5-6,10H,1-4,7-9,16H2,(H,17,19);1H/t10-;/m0./s1. The summed E-state index contributed by atoms with van der Waals surface area (Å²) < 4.78 is 0.560. The Hall–Kier alpha value is -0.820. The molecule has 22 heavy (non-hydrogen) atoms. The van der Waals surface area contributed by atoms with Crippen LogP contribution in [-0.2, 0) is 4.79 Å². The quantitative estimate of drug-likeness (QED) is 0.859. The number of likely N-dealkylation sites (tertiary alicyclic amines) is 1. The number of nitrogens with zero attached hydrogens (tertiary/aromatic N) is 1. The molecule has 3 N–H and O–H groups in total. The molecule has 1 aromatic rings. The van der Waals surface area contributed by atoms with Gasteiger partial charge in [0.1, 0.15) is 6.04 Å². The maximum Gasteiger partial charge on any atom is 0.261 e. The van der Waals surface area contributed by atoms with Gasteiger partial charge in [0, 0.05) is 19.6 Å². The Morgan fingerprint density at radius 1 is 1.27 bits per heavy atom. The van der Waals surface area contributed by atoms with Gasteiger partial charge in [-0.05, 0) is 25.0 Å². The fourth-order valence-corrected chi connectivity index (χ4v) is 3.30. The molecule has 2 amide bonds. The Morgan fingerprint density at radius 3 is 2.45 bits per heavy atom. The third kappa shape index (κ3) is 5.43. The third-order valence-electron chi connectivity index (χ3n) is 3.51. The summed E-state index contributed by atoms with van der Waals surface area (Å²) in [6.07, 6.45) is 4.38. The highest BCUT2D eigenvalue weighted by molar-refractivity contribution is 7.17. The molecule has 1 atom stereocenters. The van der Waals surface area contributed by atoms with E-state index in [1.807, 2.05) is 4.90 Å². The monoisotopic (exact) mass is 365 g/mol. The minimum atomic E-state index is -0.692. The zero-order valence-corrected chi connectivity index (χ0v) is 14.6. The van der Waals surface area contributed by atoms with Crippen LogP contribution in [0.25, 0.3) is 0 Å². The molecule has 2 rings (SSSR count). The lowest BCUT2D eigenvalue weighted by atomic mass is 10.2. The molecule has 5 nitrogen and oxygen atoms in total. The molecule has 0 aromatic carbocycles. The molecule has 1 aliphatic rings. The molecule has 2 heterocycles. The van der Waals surface area contributed by atoms with Gasteiger partial charge in [-0.1, -0.05) is 24.4 Å². The third-order valence-corrected chi connectivity index (χ3v) is 4.74. The summed E-state index contributed by atoms with van der Waals surface area (Å²) in [7, 11) is 0. The van der Waals surface area contributed by atoms with E-state index in [1.165, 1.54) is 11.3 Å². The van der Waals surface area contributed by atoms with Crippen molar-refractivity contribution >= 4 is 47.2 Å². The number of amides is 2. The first-order chi connectivity index (χ1) is 10.1. The van der Waals surface area contributed by atoms with E-state index in [-0.39, 0.29) is 30.8 Å². The molecule has 0 unspecified atom stereocenters. The normalized spacial score (nSPS) is 16.4. The largest absolute Gasteiger partial charge is 0.349 e. The molecular formula is C14H21Cl2N3O2S. The van der Waals surface area contributed by atoms with Crippen molar-refractivity contribution in [3.8, 4) is 0 Å². The smallest absolute Gasteiger partial charge is 0.261 e. The number of carbonyl (C=O) groups excluding carboxylic acids is 2. The van der Waals surface area contributed by atoms with Crippen LogP contribution in [0.3, 0.4) is 0 Å². The van der Waals surface area contributed by atoms with Crippen LogP contribution in [0.4, 0.5) is 0 Å². The highest BCUT2D eigenvalue weighted by atomic mass is 35.5. The fourth-order valence-electron chi connectivity index (χ4n) is 2.34. The Labute approximate surface area is 145 Å². The Morgan fingerprint density at radius 2 is 1.91 bits per heavy atom. The van der Waals surface area contributed by atoms with Gasteiger partial charge in [-0.2, -0.15) is 0 Å². The van der Waals surface area contributed by atoms with E-state index in [4.69, 9.17) is 17.3 Å². The van der Waals surface area contributed by atoms with Crippen molar-refractivity contribution < 1.29 is 9.59 Å². The van der Waals surface area contributed by atoms with Crippen LogP contribution in [0, 0.1) is 0 Å². The lowest BCUT2D eigenvalue weighted by Crippen LogP contribution is -2.49. The number of nitrogens with one attached hydrogen (secondary N) is 1. The van der Waals surface area contributed by atoms with Gasteiger partial charge in [0.25, 0.3) is 5.91 Å². The van der Waals surface area contributed by atoms with Crippen molar-refractivity contribution in [2.45, 2.75) is 31.7 Å². The maximum atomic E-state index is 12.2. The first kappa shape index (κ1) is 19.2. The average Bonchev–Trinajstić information content (AvgIpc) is 2.75. The fraction of sp³-hybridized carbons (Fsp3) is 0.571. The second-order valence-electron chi connectivity index (χ2n) is 5.16. The molecule has 8 heteroatoms. The van der Waals surface area contributed by atoms with E-state index in [9.17, 15) is 9.59 Å². The molecule has 0 saturated carbocycles. The molecule has 1 aliphatic heterocycles. The van der Waals surface area contributed by atoms with Crippen molar-refractivity contribution in [2.75, 3.05) is 19.6 Å². The van der Waals surface area contributed by atoms with Crippen molar-refractivity contribution in [1.82, 2.24) is 10.2 Å². The van der Waals surface area contributed by atoms with Gasteiger partial charge in [0.15, 0.2) is 0 Å². The van der Waals surface area contributed by atoms with Crippen molar-refractivity contribution in [1.29, 1.82) is 0 Å². The van der Waals surface area contributed by atoms with Gasteiger partial charge in [-0.25, -0.2) is 0 Å². The summed E-state index contributed by atoms with van der Waals surface area (Å²) >= 11 is 6.99. The Balaban J connectivity index is 0.00000242. The SMILES string of the molecule is Cl.N[C@@H](CNC(=O)c1ccc(Cl)s1)C(=O)N1CCCCCC1. The average molecular weight is 366 g/mol. The highest BCUT2D eigenvalue weighted by Crippen LogP contribution is 2.21. The second-order valence-corrected chi connectivity index (χ2v) is 6.87. The molecular weight excluding hydrogens is 345 g/mol. The zero-order valence-electron chi connectivity index (χ0n) is 12.2. The molecule has 1 aromatic heterocycles. The van der Waals surface area contributed by atoms with Gasteiger partial charge in [0.2, 0.25) is 5.91 Å². The van der Waals surface area contributed by atoms with Gasteiger partial charge < -0.3 is 16.0 Å². The second kappa shape index (κ2) is 9.35. The van der Waals surface area contributed by atoms with Crippen LogP contribution >= 0.6 is 35.3 Å². The van der Waals surface area contributed by atoms with Gasteiger partial charge >= 0.3 is 0 Å². The Kier molecular flexibility index (Phi) is 8.17. The molecule has 0 radical (unpaired) electrons. The lowest BCUT2D eigenvalue weighted by molar-refractivity contribution is -0.132. The number of rotatable bonds is 4. The lowest BCUT2D eigenvalue weighted by Gasteiger charge is -2.24. The summed E-state index contributed by atoms with van der Waals surface area (Å²) in [4.78, 5) is 26.4. The highest BCUT2D eigenvalue weighted by Gasteiger charge is 2.22. The number of hydrogen-bond acceptors (Lipinski definition) is 4. The van der Waals surface area contributed by atoms with Crippen molar-refractivity contribution in [3.63, 3.8) is 0 Å². The van der Waals surface area contributed by atoms with Crippen LogP contribution < -0.4 is 11.1 Å².